The molecule has 1 heterocycles. The molecule has 5 nitrogen and oxygen atoms in total. The van der Waals surface area contributed by atoms with Crippen LogP contribution in [0.15, 0.2) is 28.8 Å². The van der Waals surface area contributed by atoms with Crippen LogP contribution in [0.1, 0.15) is 16.2 Å². The molecule has 0 atom stereocenters. The molecule has 94 valence electrons. The number of methoxy groups -OCH3 is 1. The number of nitrogens with zero attached hydrogens (tertiary/aromatic N) is 1. The standard InChI is InChI=1S/C12H11FN2O3/c1-7-5-10(15-18-7)12(16)14-8-3-4-11(17-2)9(13)6-8/h3-6H,1-2H3,(H,14,16). The van der Waals surface area contributed by atoms with E-state index in [1.165, 1.54) is 31.4 Å². The topological polar surface area (TPSA) is 64.4 Å². The first-order valence-corrected chi connectivity index (χ1v) is 5.18. The van der Waals surface area contributed by atoms with Gasteiger partial charge in [0.15, 0.2) is 17.3 Å². The Morgan fingerprint density at radius 2 is 2.22 bits per heavy atom. The van der Waals surface area contributed by atoms with E-state index in [1.807, 2.05) is 0 Å². The number of benzene rings is 1. The zero-order valence-corrected chi connectivity index (χ0v) is 9.86. The Kier molecular flexibility index (Phi) is 3.27. The van der Waals surface area contributed by atoms with Gasteiger partial charge in [0.05, 0.1) is 7.11 Å². The highest BCUT2D eigenvalue weighted by Crippen LogP contribution is 2.21. The normalized spacial score (nSPS) is 10.2. The number of amides is 1. The maximum atomic E-state index is 13.4. The molecular formula is C12H11FN2O3. The van der Waals surface area contributed by atoms with Crippen molar-refractivity contribution in [2.45, 2.75) is 6.92 Å². The molecule has 0 spiro atoms. The number of ether oxygens (including phenoxy) is 1. The minimum Gasteiger partial charge on any atom is -0.494 e. The fourth-order valence-electron chi connectivity index (χ4n) is 1.41. The van der Waals surface area contributed by atoms with Gasteiger partial charge in [-0.2, -0.15) is 0 Å². The van der Waals surface area contributed by atoms with Crippen molar-refractivity contribution < 1.29 is 18.4 Å². The first-order chi connectivity index (χ1) is 8.60. The van der Waals surface area contributed by atoms with Gasteiger partial charge in [0.2, 0.25) is 0 Å². The molecule has 0 saturated carbocycles. The van der Waals surface area contributed by atoms with Crippen LogP contribution in [-0.4, -0.2) is 18.2 Å². The fraction of sp³-hybridized carbons (Fsp3) is 0.167. The van der Waals surface area contributed by atoms with E-state index in [1.54, 1.807) is 6.92 Å². The zero-order valence-electron chi connectivity index (χ0n) is 9.86. The summed E-state index contributed by atoms with van der Waals surface area (Å²) in [7, 11) is 1.37. The number of aromatic nitrogens is 1. The van der Waals surface area contributed by atoms with Crippen LogP contribution in [0.25, 0.3) is 0 Å². The minimum atomic E-state index is -0.549. The maximum Gasteiger partial charge on any atom is 0.277 e. The van der Waals surface area contributed by atoms with Crippen LogP contribution in [0, 0.1) is 12.7 Å². The first-order valence-electron chi connectivity index (χ1n) is 5.18. The summed E-state index contributed by atoms with van der Waals surface area (Å²) < 4.78 is 23.0. The molecular weight excluding hydrogens is 239 g/mol. The van der Waals surface area contributed by atoms with Crippen LogP contribution in [-0.2, 0) is 0 Å². The lowest BCUT2D eigenvalue weighted by Gasteiger charge is -2.05. The fourth-order valence-corrected chi connectivity index (χ4v) is 1.41. The molecule has 1 N–H and O–H groups in total. The van der Waals surface area contributed by atoms with Crippen molar-refractivity contribution in [3.63, 3.8) is 0 Å². The molecule has 0 unspecified atom stereocenters. The lowest BCUT2D eigenvalue weighted by atomic mass is 10.2. The quantitative estimate of drug-likeness (QED) is 0.908. The summed E-state index contributed by atoms with van der Waals surface area (Å²) in [5, 5.41) is 6.07. The summed E-state index contributed by atoms with van der Waals surface area (Å²) in [6, 6.07) is 5.63. The third-order valence-corrected chi connectivity index (χ3v) is 2.27. The van der Waals surface area contributed by atoms with Gasteiger partial charge in [-0.1, -0.05) is 5.16 Å². The van der Waals surface area contributed by atoms with Crippen molar-refractivity contribution in [1.29, 1.82) is 0 Å². The smallest absolute Gasteiger partial charge is 0.277 e. The minimum absolute atomic E-state index is 0.116. The number of carbonyl (C=O) groups excluding carboxylic acids is 1. The molecule has 0 aliphatic carbocycles. The van der Waals surface area contributed by atoms with Gasteiger partial charge in [-0.15, -0.1) is 0 Å². The van der Waals surface area contributed by atoms with Gasteiger partial charge >= 0.3 is 0 Å². The van der Waals surface area contributed by atoms with Gasteiger partial charge in [0.1, 0.15) is 5.76 Å². The van der Waals surface area contributed by atoms with E-state index in [4.69, 9.17) is 9.26 Å². The Morgan fingerprint density at radius 3 is 2.78 bits per heavy atom. The highest BCUT2D eigenvalue weighted by atomic mass is 19.1. The van der Waals surface area contributed by atoms with E-state index < -0.39 is 11.7 Å². The maximum absolute atomic E-state index is 13.4. The molecule has 0 aliphatic rings. The second-order valence-electron chi connectivity index (χ2n) is 3.63. The molecule has 1 aromatic heterocycles. The molecule has 2 aromatic rings. The zero-order chi connectivity index (χ0) is 13.1. The number of hydrogen-bond acceptors (Lipinski definition) is 4. The predicted molar refractivity (Wildman–Crippen MR) is 62.1 cm³/mol. The van der Waals surface area contributed by atoms with E-state index in [9.17, 15) is 9.18 Å². The highest BCUT2D eigenvalue weighted by Gasteiger charge is 2.12. The molecule has 0 saturated heterocycles. The van der Waals surface area contributed by atoms with Crippen molar-refractivity contribution in [3.8, 4) is 5.75 Å². The number of carbonyl (C=O) groups is 1. The van der Waals surface area contributed by atoms with E-state index in [0.29, 0.717) is 11.4 Å². The SMILES string of the molecule is COc1ccc(NC(=O)c2cc(C)on2)cc1F. The molecule has 18 heavy (non-hydrogen) atoms. The van der Waals surface area contributed by atoms with Gasteiger partial charge in [-0.3, -0.25) is 4.79 Å². The van der Waals surface area contributed by atoms with Gasteiger partial charge in [0, 0.05) is 17.8 Å². The summed E-state index contributed by atoms with van der Waals surface area (Å²) in [6.07, 6.45) is 0. The molecule has 1 amide bonds. The van der Waals surface area contributed by atoms with Gasteiger partial charge in [-0.25, -0.2) is 4.39 Å². The first kappa shape index (κ1) is 12.1. The lowest BCUT2D eigenvalue weighted by Crippen LogP contribution is -2.12. The van der Waals surface area contributed by atoms with Crippen molar-refractivity contribution in [3.05, 3.63) is 41.5 Å². The molecule has 0 fully saturated rings. The molecule has 0 bridgehead atoms. The number of nitrogens with one attached hydrogen (secondary N) is 1. The average Bonchev–Trinajstić information content (AvgIpc) is 2.76. The molecule has 6 heteroatoms. The summed E-state index contributed by atoms with van der Waals surface area (Å²) in [4.78, 5) is 11.7. The van der Waals surface area contributed by atoms with Crippen LogP contribution in [0.3, 0.4) is 0 Å². The third kappa shape index (κ3) is 2.48. The lowest BCUT2D eigenvalue weighted by molar-refractivity contribution is 0.101. The van der Waals surface area contributed by atoms with Crippen molar-refractivity contribution in [2.75, 3.05) is 12.4 Å². The Bertz CT molecular complexity index is 580. The summed E-state index contributed by atoms with van der Waals surface area (Å²) in [6.45, 7) is 1.68. The summed E-state index contributed by atoms with van der Waals surface area (Å²) in [5.41, 5.74) is 0.461. The molecule has 2 rings (SSSR count). The third-order valence-electron chi connectivity index (χ3n) is 2.27. The molecule has 0 radical (unpaired) electrons. The van der Waals surface area contributed by atoms with E-state index in [2.05, 4.69) is 10.5 Å². The Hall–Kier alpha value is -2.37. The van der Waals surface area contributed by atoms with Crippen LogP contribution >= 0.6 is 0 Å². The van der Waals surface area contributed by atoms with E-state index >= 15 is 0 Å². The Morgan fingerprint density at radius 1 is 1.44 bits per heavy atom. The highest BCUT2D eigenvalue weighted by molar-refractivity contribution is 6.02. The van der Waals surface area contributed by atoms with Crippen LogP contribution in [0.4, 0.5) is 10.1 Å². The number of halogens is 1. The summed E-state index contributed by atoms with van der Waals surface area (Å²) in [5.74, 6) is -0.366. The second kappa shape index (κ2) is 4.87. The Balaban J connectivity index is 2.14. The number of hydrogen-bond donors (Lipinski definition) is 1. The van der Waals surface area contributed by atoms with Crippen LogP contribution in [0.2, 0.25) is 0 Å². The number of rotatable bonds is 3. The predicted octanol–water partition coefficient (Wildman–Crippen LogP) is 2.38. The molecule has 1 aromatic carbocycles. The Labute approximate surface area is 103 Å². The second-order valence-corrected chi connectivity index (χ2v) is 3.63. The van der Waals surface area contributed by atoms with Crippen LogP contribution < -0.4 is 10.1 Å². The monoisotopic (exact) mass is 250 g/mol. The largest absolute Gasteiger partial charge is 0.494 e. The van der Waals surface area contributed by atoms with Crippen molar-refractivity contribution >= 4 is 11.6 Å². The van der Waals surface area contributed by atoms with Crippen molar-refractivity contribution in [1.82, 2.24) is 5.16 Å². The van der Waals surface area contributed by atoms with Gasteiger partial charge in [0.25, 0.3) is 5.91 Å². The number of anilines is 1. The van der Waals surface area contributed by atoms with E-state index in [-0.39, 0.29) is 11.4 Å². The van der Waals surface area contributed by atoms with Crippen molar-refractivity contribution in [2.24, 2.45) is 0 Å². The number of aryl methyl sites for hydroxylation is 1. The average molecular weight is 250 g/mol. The van der Waals surface area contributed by atoms with Gasteiger partial charge in [-0.05, 0) is 19.1 Å². The molecule has 0 aliphatic heterocycles. The van der Waals surface area contributed by atoms with E-state index in [0.717, 1.165) is 0 Å². The van der Waals surface area contributed by atoms with Crippen LogP contribution in [0.5, 0.6) is 5.75 Å². The summed E-state index contributed by atoms with van der Waals surface area (Å²) >= 11 is 0. The van der Waals surface area contributed by atoms with Gasteiger partial charge < -0.3 is 14.6 Å².